The summed E-state index contributed by atoms with van der Waals surface area (Å²) in [6.07, 6.45) is 1.63. The van der Waals surface area contributed by atoms with Gasteiger partial charge in [0.2, 0.25) is 5.91 Å². The van der Waals surface area contributed by atoms with Crippen LogP contribution in [0.4, 0.5) is 11.4 Å². The molecular weight excluding hydrogens is 450 g/mol. The van der Waals surface area contributed by atoms with Gasteiger partial charge in [0, 0.05) is 25.5 Å². The molecule has 9 heteroatoms. The normalized spacial score (nSPS) is 10.8. The zero-order valence-corrected chi connectivity index (χ0v) is 20.2. The molecule has 34 heavy (non-hydrogen) atoms. The zero-order valence-electron chi connectivity index (χ0n) is 19.4. The summed E-state index contributed by atoms with van der Waals surface area (Å²) in [7, 11) is 3.95. The number of aromatic nitrogens is 3. The second kappa shape index (κ2) is 10.9. The van der Waals surface area contributed by atoms with E-state index in [1.165, 1.54) is 17.3 Å². The van der Waals surface area contributed by atoms with Crippen molar-refractivity contribution in [2.24, 2.45) is 0 Å². The number of carbonyl (C=O) groups is 1. The van der Waals surface area contributed by atoms with Gasteiger partial charge in [0.1, 0.15) is 18.1 Å². The third-order valence-electron chi connectivity index (χ3n) is 5.08. The van der Waals surface area contributed by atoms with Crippen LogP contribution in [0.15, 0.2) is 76.5 Å². The van der Waals surface area contributed by atoms with Crippen LogP contribution in [-0.4, -0.2) is 40.5 Å². The van der Waals surface area contributed by atoms with E-state index in [9.17, 15) is 4.79 Å². The van der Waals surface area contributed by atoms with Crippen molar-refractivity contribution in [1.29, 1.82) is 0 Å². The first kappa shape index (κ1) is 23.4. The lowest BCUT2D eigenvalue weighted by Gasteiger charge is -2.13. The predicted molar refractivity (Wildman–Crippen MR) is 133 cm³/mol. The van der Waals surface area contributed by atoms with Gasteiger partial charge in [0.15, 0.2) is 11.0 Å². The molecule has 1 N–H and O–H groups in total. The third-order valence-corrected chi connectivity index (χ3v) is 6.04. The number of anilines is 2. The Kier molecular flexibility index (Phi) is 7.54. The Morgan fingerprint density at radius 2 is 1.85 bits per heavy atom. The van der Waals surface area contributed by atoms with E-state index >= 15 is 0 Å². The van der Waals surface area contributed by atoms with Gasteiger partial charge >= 0.3 is 0 Å². The molecule has 0 saturated carbocycles. The van der Waals surface area contributed by atoms with Crippen molar-refractivity contribution in [2.45, 2.75) is 25.2 Å². The van der Waals surface area contributed by atoms with Gasteiger partial charge in [0.05, 0.1) is 18.6 Å². The highest BCUT2D eigenvalue weighted by atomic mass is 32.2. The van der Waals surface area contributed by atoms with Gasteiger partial charge in [-0.3, -0.25) is 9.36 Å². The third kappa shape index (κ3) is 6.20. The molecule has 0 aliphatic carbocycles. The molecule has 0 saturated heterocycles. The molecule has 0 fully saturated rings. The average molecular weight is 478 g/mol. The Bertz CT molecular complexity index is 1200. The first-order chi connectivity index (χ1) is 16.5. The van der Waals surface area contributed by atoms with Gasteiger partial charge in [-0.15, -0.1) is 10.2 Å². The van der Waals surface area contributed by atoms with Crippen molar-refractivity contribution in [3.63, 3.8) is 0 Å². The van der Waals surface area contributed by atoms with E-state index in [2.05, 4.69) is 15.5 Å². The molecule has 0 aliphatic heterocycles. The summed E-state index contributed by atoms with van der Waals surface area (Å²) in [5.74, 6) is 2.26. The Labute approximate surface area is 202 Å². The molecule has 0 atom stereocenters. The first-order valence-corrected chi connectivity index (χ1v) is 11.8. The van der Waals surface area contributed by atoms with Gasteiger partial charge in [0.25, 0.3) is 0 Å². The molecule has 2 heterocycles. The number of hydrogen-bond donors (Lipinski definition) is 1. The first-order valence-electron chi connectivity index (χ1n) is 10.8. The van der Waals surface area contributed by atoms with Crippen LogP contribution < -0.4 is 15.0 Å². The van der Waals surface area contributed by atoms with Crippen LogP contribution in [0.5, 0.6) is 5.75 Å². The van der Waals surface area contributed by atoms with E-state index in [0.29, 0.717) is 17.5 Å². The zero-order chi connectivity index (χ0) is 23.9. The molecule has 2 aromatic carbocycles. The van der Waals surface area contributed by atoms with Crippen LogP contribution in [0.2, 0.25) is 0 Å². The maximum absolute atomic E-state index is 12.5. The summed E-state index contributed by atoms with van der Waals surface area (Å²) in [4.78, 5) is 14.5. The second-order valence-corrected chi connectivity index (χ2v) is 8.89. The van der Waals surface area contributed by atoms with E-state index in [1.54, 1.807) is 6.26 Å². The summed E-state index contributed by atoms with van der Waals surface area (Å²) in [5, 5.41) is 12.2. The van der Waals surface area contributed by atoms with E-state index in [0.717, 1.165) is 22.9 Å². The van der Waals surface area contributed by atoms with Crippen LogP contribution in [-0.2, 0) is 17.9 Å². The number of nitrogens with zero attached hydrogens (tertiary/aromatic N) is 4. The van der Waals surface area contributed by atoms with Crippen LogP contribution in [0.1, 0.15) is 17.1 Å². The largest absolute Gasteiger partial charge is 0.486 e. The number of hydrogen-bond acceptors (Lipinski definition) is 7. The quantitative estimate of drug-likeness (QED) is 0.334. The standard InChI is InChI=1S/C25H27N5O3S/c1-18-6-12-21(13-7-18)33-16-23-27-28-25(30(23)15-22-5-4-14-32-22)34-17-24(31)26-19-8-10-20(11-9-19)29(2)3/h4-14H,15-17H2,1-3H3,(H,26,31). The monoisotopic (exact) mass is 477 g/mol. The number of benzene rings is 2. The highest BCUT2D eigenvalue weighted by molar-refractivity contribution is 7.99. The molecule has 2 aromatic heterocycles. The van der Waals surface area contributed by atoms with Crippen molar-refractivity contribution in [1.82, 2.24) is 14.8 Å². The van der Waals surface area contributed by atoms with Gasteiger partial charge in [-0.25, -0.2) is 0 Å². The van der Waals surface area contributed by atoms with Crippen LogP contribution in [0, 0.1) is 6.92 Å². The lowest BCUT2D eigenvalue weighted by Crippen LogP contribution is -2.15. The minimum Gasteiger partial charge on any atom is -0.486 e. The highest BCUT2D eigenvalue weighted by Crippen LogP contribution is 2.22. The maximum atomic E-state index is 12.5. The number of ether oxygens (including phenoxy) is 1. The highest BCUT2D eigenvalue weighted by Gasteiger charge is 2.16. The lowest BCUT2D eigenvalue weighted by molar-refractivity contribution is -0.113. The summed E-state index contributed by atoms with van der Waals surface area (Å²) in [5.41, 5.74) is 2.98. The minimum absolute atomic E-state index is 0.118. The molecule has 1 amide bonds. The molecular formula is C25H27N5O3S. The van der Waals surface area contributed by atoms with Gasteiger partial charge in [-0.2, -0.15) is 0 Å². The maximum Gasteiger partial charge on any atom is 0.234 e. The fourth-order valence-corrected chi connectivity index (χ4v) is 3.96. The smallest absolute Gasteiger partial charge is 0.234 e. The number of aryl methyl sites for hydroxylation is 1. The Morgan fingerprint density at radius 3 is 2.53 bits per heavy atom. The van der Waals surface area contributed by atoms with Crippen molar-refractivity contribution in [3.05, 3.63) is 84.1 Å². The summed E-state index contributed by atoms with van der Waals surface area (Å²) in [6.45, 7) is 2.73. The average Bonchev–Trinajstić information content (AvgIpc) is 3.48. The lowest BCUT2D eigenvalue weighted by atomic mass is 10.2. The summed E-state index contributed by atoms with van der Waals surface area (Å²) >= 11 is 1.32. The Hall–Kier alpha value is -3.72. The fraction of sp³-hybridized carbons (Fsp3) is 0.240. The van der Waals surface area contributed by atoms with Crippen molar-refractivity contribution in [3.8, 4) is 5.75 Å². The predicted octanol–water partition coefficient (Wildman–Crippen LogP) is 4.60. The number of nitrogens with one attached hydrogen (secondary N) is 1. The minimum atomic E-state index is -0.118. The molecule has 0 spiro atoms. The number of rotatable bonds is 10. The number of amides is 1. The van der Waals surface area contributed by atoms with Crippen molar-refractivity contribution in [2.75, 3.05) is 30.1 Å². The van der Waals surface area contributed by atoms with E-state index in [1.807, 2.05) is 91.1 Å². The van der Waals surface area contributed by atoms with Crippen molar-refractivity contribution < 1.29 is 13.9 Å². The molecule has 0 unspecified atom stereocenters. The molecule has 4 rings (SSSR count). The van der Waals surface area contributed by atoms with Gasteiger partial charge in [-0.05, 0) is 55.5 Å². The number of thioether (sulfide) groups is 1. The fourth-order valence-electron chi connectivity index (χ4n) is 3.20. The van der Waals surface area contributed by atoms with Crippen LogP contribution >= 0.6 is 11.8 Å². The second-order valence-electron chi connectivity index (χ2n) is 7.94. The SMILES string of the molecule is Cc1ccc(OCc2nnc(SCC(=O)Nc3ccc(N(C)C)cc3)n2Cc2ccco2)cc1. The summed E-state index contributed by atoms with van der Waals surface area (Å²) < 4.78 is 13.3. The number of carbonyl (C=O) groups excluding carboxylic acids is 1. The van der Waals surface area contributed by atoms with Gasteiger partial charge in [-0.1, -0.05) is 29.5 Å². The molecule has 0 radical (unpaired) electrons. The van der Waals surface area contributed by atoms with Crippen LogP contribution in [0.3, 0.4) is 0 Å². The molecule has 8 nitrogen and oxygen atoms in total. The topological polar surface area (TPSA) is 85.4 Å². The van der Waals surface area contributed by atoms with E-state index in [-0.39, 0.29) is 18.3 Å². The van der Waals surface area contributed by atoms with E-state index in [4.69, 9.17) is 9.15 Å². The molecule has 4 aromatic rings. The molecule has 0 bridgehead atoms. The summed E-state index contributed by atoms with van der Waals surface area (Å²) in [6, 6.07) is 19.3. The Morgan fingerprint density at radius 1 is 1.09 bits per heavy atom. The molecule has 0 aliphatic rings. The van der Waals surface area contributed by atoms with E-state index < -0.39 is 0 Å². The number of furan rings is 1. The van der Waals surface area contributed by atoms with Crippen molar-refractivity contribution >= 4 is 29.0 Å². The van der Waals surface area contributed by atoms with Gasteiger partial charge < -0.3 is 19.4 Å². The molecule has 176 valence electrons. The Balaban J connectivity index is 1.41. The van der Waals surface area contributed by atoms with Crippen LogP contribution in [0.25, 0.3) is 0 Å².